The van der Waals surface area contributed by atoms with Crippen LogP contribution < -0.4 is 14.8 Å². The van der Waals surface area contributed by atoms with Gasteiger partial charge in [-0.2, -0.15) is 0 Å². The van der Waals surface area contributed by atoms with Crippen LogP contribution in [0.2, 0.25) is 5.02 Å². The molecule has 6 nitrogen and oxygen atoms in total. The fourth-order valence-corrected chi connectivity index (χ4v) is 2.61. The van der Waals surface area contributed by atoms with Gasteiger partial charge in [0.2, 0.25) is 0 Å². The van der Waals surface area contributed by atoms with Crippen LogP contribution >= 0.6 is 11.6 Å². The molecule has 0 atom stereocenters. The predicted octanol–water partition coefficient (Wildman–Crippen LogP) is 2.48. The van der Waals surface area contributed by atoms with Gasteiger partial charge in [-0.3, -0.25) is 4.79 Å². The van der Waals surface area contributed by atoms with E-state index in [1.807, 2.05) is 6.92 Å². The Labute approximate surface area is 133 Å². The Bertz CT molecular complexity index is 598. The van der Waals surface area contributed by atoms with Crippen molar-refractivity contribution in [1.29, 1.82) is 0 Å². The van der Waals surface area contributed by atoms with E-state index in [4.69, 9.17) is 21.1 Å². The number of nitrogens with one attached hydrogen (secondary N) is 1. The molecule has 1 aliphatic rings. The van der Waals surface area contributed by atoms with Crippen LogP contribution in [-0.2, 0) is 4.79 Å². The van der Waals surface area contributed by atoms with Gasteiger partial charge < -0.3 is 19.9 Å². The molecule has 2 rings (SSSR count). The number of hydrogen-bond acceptors (Lipinski definition) is 4. The van der Waals surface area contributed by atoms with Gasteiger partial charge in [0, 0.05) is 5.56 Å². The number of methoxy groups -OCH3 is 1. The Morgan fingerprint density at radius 1 is 1.41 bits per heavy atom. The van der Waals surface area contributed by atoms with E-state index in [1.165, 1.54) is 19.2 Å². The Morgan fingerprint density at radius 3 is 2.55 bits per heavy atom. The summed E-state index contributed by atoms with van der Waals surface area (Å²) in [4.78, 5) is 23.6. The molecule has 22 heavy (non-hydrogen) atoms. The van der Waals surface area contributed by atoms with E-state index in [-0.39, 0.29) is 10.6 Å². The lowest BCUT2D eigenvalue weighted by atomic mass is 9.76. The minimum atomic E-state index is -1.17. The van der Waals surface area contributed by atoms with Crippen LogP contribution in [0.25, 0.3) is 0 Å². The van der Waals surface area contributed by atoms with Crippen molar-refractivity contribution >= 4 is 23.5 Å². The van der Waals surface area contributed by atoms with Crippen molar-refractivity contribution in [2.75, 3.05) is 13.7 Å². The molecule has 0 aromatic heterocycles. The molecule has 1 aromatic rings. The molecule has 1 amide bonds. The first-order valence-corrected chi connectivity index (χ1v) is 7.37. The van der Waals surface area contributed by atoms with Crippen molar-refractivity contribution in [3.05, 3.63) is 22.7 Å². The smallest absolute Gasteiger partial charge is 0.329 e. The molecule has 0 saturated heterocycles. The summed E-state index contributed by atoms with van der Waals surface area (Å²) in [5, 5.41) is 12.1. The van der Waals surface area contributed by atoms with Gasteiger partial charge in [0.1, 0.15) is 5.54 Å². The minimum absolute atomic E-state index is 0.234. The second kappa shape index (κ2) is 6.44. The lowest BCUT2D eigenvalue weighted by Crippen LogP contribution is -2.59. The third kappa shape index (κ3) is 2.97. The van der Waals surface area contributed by atoms with Crippen molar-refractivity contribution in [3.8, 4) is 11.5 Å². The molecule has 0 heterocycles. The highest BCUT2D eigenvalue weighted by atomic mass is 35.5. The van der Waals surface area contributed by atoms with Crippen molar-refractivity contribution in [2.45, 2.75) is 31.7 Å². The van der Waals surface area contributed by atoms with Crippen LogP contribution in [-0.4, -0.2) is 36.2 Å². The maximum absolute atomic E-state index is 12.3. The van der Waals surface area contributed by atoms with E-state index in [2.05, 4.69) is 5.32 Å². The summed E-state index contributed by atoms with van der Waals surface area (Å²) in [7, 11) is 1.44. The normalized spacial score (nSPS) is 15.6. The second-order valence-electron chi connectivity index (χ2n) is 5.12. The summed E-state index contributed by atoms with van der Waals surface area (Å²) in [5.41, 5.74) is -0.937. The molecule has 0 radical (unpaired) electrons. The van der Waals surface area contributed by atoms with Gasteiger partial charge in [0.05, 0.1) is 18.7 Å². The van der Waals surface area contributed by atoms with Crippen molar-refractivity contribution in [3.63, 3.8) is 0 Å². The Morgan fingerprint density at radius 2 is 2.09 bits per heavy atom. The molecule has 0 unspecified atom stereocenters. The molecule has 1 saturated carbocycles. The average Bonchev–Trinajstić information content (AvgIpc) is 2.44. The Balaban J connectivity index is 2.27. The fraction of sp³-hybridized carbons (Fsp3) is 0.467. The van der Waals surface area contributed by atoms with Gasteiger partial charge in [-0.15, -0.1) is 0 Å². The van der Waals surface area contributed by atoms with E-state index < -0.39 is 17.4 Å². The Kier molecular flexibility index (Phi) is 4.81. The summed E-state index contributed by atoms with van der Waals surface area (Å²) in [6.45, 7) is 2.22. The molecule has 2 N–H and O–H groups in total. The molecule has 0 bridgehead atoms. The van der Waals surface area contributed by atoms with Gasteiger partial charge in [0.15, 0.2) is 11.5 Å². The monoisotopic (exact) mass is 327 g/mol. The van der Waals surface area contributed by atoms with Gasteiger partial charge in [0.25, 0.3) is 5.91 Å². The fourth-order valence-electron chi connectivity index (χ4n) is 2.35. The van der Waals surface area contributed by atoms with E-state index in [1.54, 1.807) is 0 Å². The lowest BCUT2D eigenvalue weighted by molar-refractivity contribution is -0.148. The highest BCUT2D eigenvalue weighted by molar-refractivity contribution is 6.32. The standard InChI is InChI=1S/C15H18ClNO5/c1-3-22-12-10(16)7-9(8-11(12)21-2)13(18)17-15(14(19)20)5-4-6-15/h7-8H,3-6H2,1-2H3,(H,17,18)(H,19,20). The number of hydrogen-bond donors (Lipinski definition) is 2. The maximum atomic E-state index is 12.3. The SMILES string of the molecule is CCOc1c(Cl)cc(C(=O)NC2(C(=O)O)CCC2)cc1OC. The zero-order valence-corrected chi connectivity index (χ0v) is 13.2. The number of carboxylic acids is 1. The number of carbonyl (C=O) groups excluding carboxylic acids is 1. The summed E-state index contributed by atoms with van der Waals surface area (Å²) < 4.78 is 10.6. The zero-order valence-electron chi connectivity index (χ0n) is 12.4. The van der Waals surface area contributed by atoms with E-state index in [0.717, 1.165) is 6.42 Å². The van der Waals surface area contributed by atoms with Crippen molar-refractivity contribution in [1.82, 2.24) is 5.32 Å². The first-order valence-electron chi connectivity index (χ1n) is 6.99. The molecule has 1 fully saturated rings. The average molecular weight is 328 g/mol. The van der Waals surface area contributed by atoms with Crippen LogP contribution in [0.5, 0.6) is 11.5 Å². The zero-order chi connectivity index (χ0) is 16.3. The molecular formula is C15H18ClNO5. The first kappa shape index (κ1) is 16.4. The molecule has 0 spiro atoms. The molecule has 120 valence electrons. The van der Waals surface area contributed by atoms with E-state index in [0.29, 0.717) is 30.9 Å². The largest absolute Gasteiger partial charge is 0.493 e. The quantitative estimate of drug-likeness (QED) is 0.838. The summed E-state index contributed by atoms with van der Waals surface area (Å²) >= 11 is 6.12. The Hall–Kier alpha value is -1.95. The van der Waals surface area contributed by atoms with Crippen molar-refractivity contribution < 1.29 is 24.2 Å². The van der Waals surface area contributed by atoms with Gasteiger partial charge >= 0.3 is 5.97 Å². The van der Waals surface area contributed by atoms with Crippen LogP contribution in [0, 0.1) is 0 Å². The third-order valence-corrected chi connectivity index (χ3v) is 4.03. The highest BCUT2D eigenvalue weighted by Crippen LogP contribution is 2.37. The van der Waals surface area contributed by atoms with Gasteiger partial charge in [-0.25, -0.2) is 4.79 Å². The third-order valence-electron chi connectivity index (χ3n) is 3.75. The number of halogens is 1. The van der Waals surface area contributed by atoms with Gasteiger partial charge in [-0.05, 0) is 38.3 Å². The van der Waals surface area contributed by atoms with E-state index in [9.17, 15) is 14.7 Å². The summed E-state index contributed by atoms with van der Waals surface area (Å²) in [6.07, 6.45) is 1.63. The number of ether oxygens (including phenoxy) is 2. The molecule has 1 aromatic carbocycles. The minimum Gasteiger partial charge on any atom is -0.493 e. The highest BCUT2D eigenvalue weighted by Gasteiger charge is 2.45. The number of amides is 1. The van der Waals surface area contributed by atoms with Crippen LogP contribution in [0.15, 0.2) is 12.1 Å². The maximum Gasteiger partial charge on any atom is 0.329 e. The van der Waals surface area contributed by atoms with Crippen LogP contribution in [0.3, 0.4) is 0 Å². The first-order chi connectivity index (χ1) is 10.4. The van der Waals surface area contributed by atoms with Crippen molar-refractivity contribution in [2.24, 2.45) is 0 Å². The topological polar surface area (TPSA) is 84.9 Å². The number of aliphatic carboxylic acids is 1. The number of carboxylic acid groups (broad SMARTS) is 1. The summed E-state index contributed by atoms with van der Waals surface area (Å²) in [5.74, 6) is -0.821. The molecule has 1 aliphatic carbocycles. The van der Waals surface area contributed by atoms with Crippen LogP contribution in [0.1, 0.15) is 36.5 Å². The number of rotatable bonds is 6. The molecular weight excluding hydrogens is 310 g/mol. The predicted molar refractivity (Wildman–Crippen MR) is 80.9 cm³/mol. The van der Waals surface area contributed by atoms with E-state index >= 15 is 0 Å². The van der Waals surface area contributed by atoms with Gasteiger partial charge in [-0.1, -0.05) is 11.6 Å². The molecule has 7 heteroatoms. The number of benzene rings is 1. The van der Waals surface area contributed by atoms with Crippen LogP contribution in [0.4, 0.5) is 0 Å². The summed E-state index contributed by atoms with van der Waals surface area (Å²) in [6, 6.07) is 2.93. The number of carbonyl (C=O) groups is 2. The molecule has 0 aliphatic heterocycles. The second-order valence-corrected chi connectivity index (χ2v) is 5.52. The lowest BCUT2D eigenvalue weighted by Gasteiger charge is -2.38.